The van der Waals surface area contributed by atoms with Crippen molar-refractivity contribution in [3.63, 3.8) is 0 Å². The maximum Gasteiger partial charge on any atom is 0.246 e. The minimum Gasteiger partial charge on any atom is -0.337 e. The number of thioether (sulfide) groups is 1. The third-order valence-electron chi connectivity index (χ3n) is 2.21. The molecule has 1 fully saturated rings. The summed E-state index contributed by atoms with van der Waals surface area (Å²) in [4.78, 5) is 4.34. The molecule has 2 N–H and O–H groups in total. The molecule has 0 saturated carbocycles. The molecule has 1 saturated heterocycles. The molecule has 14 heavy (non-hydrogen) atoms. The summed E-state index contributed by atoms with van der Waals surface area (Å²) >= 11 is 1.89. The van der Waals surface area contributed by atoms with Crippen molar-refractivity contribution < 1.29 is 4.52 Å². The van der Waals surface area contributed by atoms with Crippen molar-refractivity contribution in [3.8, 4) is 0 Å². The predicted octanol–water partition coefficient (Wildman–Crippen LogP) is 1.83. The molecule has 0 amide bonds. The van der Waals surface area contributed by atoms with Crippen molar-refractivity contribution in [2.24, 2.45) is 5.73 Å². The van der Waals surface area contributed by atoms with Gasteiger partial charge in [-0.1, -0.05) is 5.16 Å². The zero-order chi connectivity index (χ0) is 10.2. The average Bonchev–Trinajstić information content (AvgIpc) is 2.73. The number of nitrogens with two attached hydrogens (primary N) is 1. The van der Waals surface area contributed by atoms with Crippen LogP contribution in [0.3, 0.4) is 0 Å². The van der Waals surface area contributed by atoms with Crippen LogP contribution in [0.5, 0.6) is 0 Å². The van der Waals surface area contributed by atoms with Crippen LogP contribution >= 0.6 is 11.8 Å². The van der Waals surface area contributed by atoms with E-state index in [-0.39, 0.29) is 0 Å². The SMILES string of the molecule is CC(C)(N)c1nc(C2CCCS2)no1. The summed E-state index contributed by atoms with van der Waals surface area (Å²) in [6.07, 6.45) is 2.39. The van der Waals surface area contributed by atoms with Crippen LogP contribution in [-0.4, -0.2) is 15.9 Å². The van der Waals surface area contributed by atoms with Crippen molar-refractivity contribution in [1.82, 2.24) is 10.1 Å². The van der Waals surface area contributed by atoms with Crippen LogP contribution in [-0.2, 0) is 5.54 Å². The van der Waals surface area contributed by atoms with Crippen molar-refractivity contribution in [1.29, 1.82) is 0 Å². The highest BCUT2D eigenvalue weighted by Crippen LogP contribution is 2.38. The Labute approximate surface area is 87.6 Å². The summed E-state index contributed by atoms with van der Waals surface area (Å²) in [6, 6.07) is 0. The predicted molar refractivity (Wildman–Crippen MR) is 55.9 cm³/mol. The lowest BCUT2D eigenvalue weighted by Gasteiger charge is -2.11. The van der Waals surface area contributed by atoms with E-state index in [1.807, 2.05) is 25.6 Å². The van der Waals surface area contributed by atoms with Crippen molar-refractivity contribution in [3.05, 3.63) is 11.7 Å². The number of aromatic nitrogens is 2. The quantitative estimate of drug-likeness (QED) is 0.812. The van der Waals surface area contributed by atoms with Crippen molar-refractivity contribution in [2.75, 3.05) is 5.75 Å². The normalized spacial score (nSPS) is 22.9. The van der Waals surface area contributed by atoms with Gasteiger partial charge in [0.25, 0.3) is 0 Å². The summed E-state index contributed by atoms with van der Waals surface area (Å²) in [6.45, 7) is 3.73. The van der Waals surface area contributed by atoms with E-state index in [2.05, 4.69) is 10.1 Å². The van der Waals surface area contributed by atoms with Gasteiger partial charge < -0.3 is 10.3 Å². The lowest BCUT2D eigenvalue weighted by molar-refractivity contribution is 0.310. The minimum atomic E-state index is -0.533. The molecule has 5 heteroatoms. The summed E-state index contributed by atoms with van der Waals surface area (Å²) in [5.41, 5.74) is 5.33. The molecule has 1 aliphatic rings. The zero-order valence-corrected chi connectivity index (χ0v) is 9.30. The smallest absolute Gasteiger partial charge is 0.246 e. The molecule has 1 aromatic rings. The van der Waals surface area contributed by atoms with Gasteiger partial charge in [-0.2, -0.15) is 16.7 Å². The maximum absolute atomic E-state index is 5.87. The van der Waals surface area contributed by atoms with Crippen LogP contribution in [0.25, 0.3) is 0 Å². The monoisotopic (exact) mass is 213 g/mol. The molecule has 1 unspecified atom stereocenters. The molecular weight excluding hydrogens is 198 g/mol. The Morgan fingerprint density at radius 2 is 2.36 bits per heavy atom. The number of rotatable bonds is 2. The molecule has 1 aliphatic heterocycles. The topological polar surface area (TPSA) is 64.9 Å². The van der Waals surface area contributed by atoms with E-state index in [0.717, 1.165) is 12.2 Å². The number of hydrogen-bond acceptors (Lipinski definition) is 5. The Bertz CT molecular complexity index is 312. The maximum atomic E-state index is 5.87. The van der Waals surface area contributed by atoms with E-state index in [9.17, 15) is 0 Å². The van der Waals surface area contributed by atoms with Crippen LogP contribution in [0, 0.1) is 0 Å². The van der Waals surface area contributed by atoms with E-state index in [1.165, 1.54) is 12.2 Å². The molecule has 2 rings (SSSR count). The van der Waals surface area contributed by atoms with E-state index >= 15 is 0 Å². The summed E-state index contributed by atoms with van der Waals surface area (Å²) in [5, 5.41) is 4.39. The minimum absolute atomic E-state index is 0.412. The molecule has 2 heterocycles. The van der Waals surface area contributed by atoms with Gasteiger partial charge >= 0.3 is 0 Å². The first-order valence-electron chi connectivity index (χ1n) is 4.82. The lowest BCUT2D eigenvalue weighted by Crippen LogP contribution is -2.29. The summed E-state index contributed by atoms with van der Waals surface area (Å²) in [7, 11) is 0. The van der Waals surface area contributed by atoms with Crippen LogP contribution in [0.15, 0.2) is 4.52 Å². The van der Waals surface area contributed by atoms with Crippen molar-refractivity contribution in [2.45, 2.75) is 37.5 Å². The second-order valence-electron chi connectivity index (χ2n) is 4.18. The van der Waals surface area contributed by atoms with E-state index in [4.69, 9.17) is 10.3 Å². The fraction of sp³-hybridized carbons (Fsp3) is 0.778. The Kier molecular flexibility index (Phi) is 2.53. The highest BCUT2D eigenvalue weighted by Gasteiger charge is 2.27. The Hall–Kier alpha value is -0.550. The van der Waals surface area contributed by atoms with Gasteiger partial charge in [0.2, 0.25) is 5.89 Å². The first-order valence-corrected chi connectivity index (χ1v) is 5.87. The van der Waals surface area contributed by atoms with Gasteiger partial charge in [0.1, 0.15) is 0 Å². The Morgan fingerprint density at radius 3 is 2.86 bits per heavy atom. The first kappa shape index (κ1) is 9.98. The number of nitrogens with zero attached hydrogens (tertiary/aromatic N) is 2. The standard InChI is InChI=1S/C9H15N3OS/c1-9(2,10)8-11-7(12-13-8)6-4-3-5-14-6/h6H,3-5,10H2,1-2H3. The molecule has 0 aliphatic carbocycles. The molecule has 0 aromatic carbocycles. The Balaban J connectivity index is 2.17. The molecule has 0 spiro atoms. The van der Waals surface area contributed by atoms with Crippen LogP contribution in [0.2, 0.25) is 0 Å². The fourth-order valence-corrected chi connectivity index (χ4v) is 2.60. The zero-order valence-electron chi connectivity index (χ0n) is 8.49. The second kappa shape index (κ2) is 3.55. The van der Waals surface area contributed by atoms with Gasteiger partial charge in [0, 0.05) is 0 Å². The first-order chi connectivity index (χ1) is 6.57. The molecule has 4 nitrogen and oxygen atoms in total. The number of hydrogen-bond donors (Lipinski definition) is 1. The van der Waals surface area contributed by atoms with Gasteiger partial charge in [0.05, 0.1) is 10.8 Å². The molecule has 1 aromatic heterocycles. The van der Waals surface area contributed by atoms with Crippen LogP contribution < -0.4 is 5.73 Å². The van der Waals surface area contributed by atoms with Crippen molar-refractivity contribution >= 4 is 11.8 Å². The van der Waals surface area contributed by atoms with Gasteiger partial charge in [0.15, 0.2) is 5.82 Å². The van der Waals surface area contributed by atoms with Gasteiger partial charge in [-0.15, -0.1) is 0 Å². The molecule has 0 radical (unpaired) electrons. The van der Waals surface area contributed by atoms with E-state index in [0.29, 0.717) is 11.1 Å². The summed E-state index contributed by atoms with van der Waals surface area (Å²) < 4.78 is 5.14. The lowest BCUT2D eigenvalue weighted by atomic mass is 10.1. The second-order valence-corrected chi connectivity index (χ2v) is 5.49. The van der Waals surface area contributed by atoms with E-state index < -0.39 is 5.54 Å². The highest BCUT2D eigenvalue weighted by molar-refractivity contribution is 7.99. The molecule has 1 atom stereocenters. The molecule has 0 bridgehead atoms. The average molecular weight is 213 g/mol. The summed E-state index contributed by atoms with van der Waals surface area (Å²) in [5.74, 6) is 2.53. The fourth-order valence-electron chi connectivity index (χ4n) is 1.41. The van der Waals surface area contributed by atoms with Gasteiger partial charge in [-0.05, 0) is 32.4 Å². The largest absolute Gasteiger partial charge is 0.337 e. The highest BCUT2D eigenvalue weighted by atomic mass is 32.2. The Morgan fingerprint density at radius 1 is 1.57 bits per heavy atom. The third kappa shape index (κ3) is 1.93. The van der Waals surface area contributed by atoms with Gasteiger partial charge in [-0.25, -0.2) is 0 Å². The molecule has 78 valence electrons. The third-order valence-corrected chi connectivity index (χ3v) is 3.58. The van der Waals surface area contributed by atoms with Gasteiger partial charge in [-0.3, -0.25) is 0 Å². The van der Waals surface area contributed by atoms with Crippen LogP contribution in [0.1, 0.15) is 43.7 Å². The van der Waals surface area contributed by atoms with Crippen LogP contribution in [0.4, 0.5) is 0 Å². The van der Waals surface area contributed by atoms with E-state index in [1.54, 1.807) is 0 Å². The molecular formula is C9H15N3OS.